The molecular weight excluding hydrogens is 388 g/mol. The minimum absolute atomic E-state index is 0.0238. The first-order valence-corrected chi connectivity index (χ1v) is 11.4. The quantitative estimate of drug-likeness (QED) is 0.837. The lowest BCUT2D eigenvalue weighted by molar-refractivity contribution is -0.119. The van der Waals surface area contributed by atoms with E-state index in [1.807, 2.05) is 19.1 Å². The summed E-state index contributed by atoms with van der Waals surface area (Å²) in [5.74, 6) is -1.39. The van der Waals surface area contributed by atoms with Crippen LogP contribution in [0.15, 0.2) is 47.4 Å². The predicted octanol–water partition coefficient (Wildman–Crippen LogP) is 2.42. The molecule has 144 valence electrons. The summed E-state index contributed by atoms with van der Waals surface area (Å²) in [5.41, 5.74) is 2.31. The van der Waals surface area contributed by atoms with Gasteiger partial charge in [-0.1, -0.05) is 19.1 Å². The van der Waals surface area contributed by atoms with Gasteiger partial charge in [0.15, 0.2) is 0 Å². The molecule has 1 heterocycles. The van der Waals surface area contributed by atoms with Crippen LogP contribution in [-0.2, 0) is 24.8 Å². The fourth-order valence-corrected chi connectivity index (χ4v) is 5.84. The van der Waals surface area contributed by atoms with Crippen molar-refractivity contribution in [3.63, 3.8) is 0 Å². The molecule has 1 amide bonds. The summed E-state index contributed by atoms with van der Waals surface area (Å²) in [6, 6.07) is 10.7. The molecule has 9 heteroatoms. The minimum atomic E-state index is -3.85. The number of sulfonamides is 2. The van der Waals surface area contributed by atoms with Crippen LogP contribution in [0.3, 0.4) is 0 Å². The highest BCUT2D eigenvalue weighted by atomic mass is 32.2. The van der Waals surface area contributed by atoms with Gasteiger partial charge in [0.25, 0.3) is 10.0 Å². The molecule has 0 aliphatic carbocycles. The summed E-state index contributed by atoms with van der Waals surface area (Å²) >= 11 is 0. The zero-order valence-electron chi connectivity index (χ0n) is 15.1. The normalized spacial score (nSPS) is 19.3. The Morgan fingerprint density at radius 2 is 1.70 bits per heavy atom. The molecule has 0 saturated carbocycles. The summed E-state index contributed by atoms with van der Waals surface area (Å²) in [5, 5.41) is 0. The Hall–Kier alpha value is -2.39. The lowest BCUT2D eigenvalue weighted by atomic mass is 10.1. The van der Waals surface area contributed by atoms with Gasteiger partial charge in [-0.15, -0.1) is 0 Å². The molecule has 1 saturated heterocycles. The van der Waals surface area contributed by atoms with Crippen molar-refractivity contribution in [2.24, 2.45) is 5.92 Å². The van der Waals surface area contributed by atoms with Crippen molar-refractivity contribution in [3.8, 4) is 0 Å². The van der Waals surface area contributed by atoms with Crippen LogP contribution in [0.1, 0.15) is 18.1 Å². The van der Waals surface area contributed by atoms with E-state index in [4.69, 9.17) is 0 Å². The van der Waals surface area contributed by atoms with Gasteiger partial charge in [-0.3, -0.25) is 9.52 Å². The van der Waals surface area contributed by atoms with Crippen molar-refractivity contribution in [1.82, 2.24) is 0 Å². The standard InChI is InChI=1S/C18H20N2O5S2/c1-12-4-5-13(2)17(10-12)19-27(24,25)16-8-6-15(7-9-16)20-18(21)14(3)11-26(20,22)23/h4-10,14,19H,11H2,1-3H3. The molecule has 1 atom stereocenters. The van der Waals surface area contributed by atoms with E-state index >= 15 is 0 Å². The number of hydrogen-bond donors (Lipinski definition) is 1. The molecule has 2 aromatic rings. The maximum atomic E-state index is 12.6. The van der Waals surface area contributed by atoms with Crippen LogP contribution in [0, 0.1) is 19.8 Å². The Morgan fingerprint density at radius 1 is 1.07 bits per heavy atom. The summed E-state index contributed by atoms with van der Waals surface area (Å²) in [7, 11) is -7.58. The van der Waals surface area contributed by atoms with Crippen LogP contribution >= 0.6 is 0 Å². The van der Waals surface area contributed by atoms with Crippen molar-refractivity contribution in [2.45, 2.75) is 25.7 Å². The van der Waals surface area contributed by atoms with Gasteiger partial charge >= 0.3 is 0 Å². The number of nitrogens with zero attached hydrogens (tertiary/aromatic N) is 1. The number of anilines is 2. The van der Waals surface area contributed by atoms with Crippen LogP contribution < -0.4 is 9.03 Å². The molecule has 0 spiro atoms. The molecule has 1 aliphatic heterocycles. The highest BCUT2D eigenvalue weighted by molar-refractivity contribution is 7.94. The van der Waals surface area contributed by atoms with Gasteiger partial charge in [0.1, 0.15) is 0 Å². The number of nitrogens with one attached hydrogen (secondary N) is 1. The molecular formula is C18H20N2O5S2. The number of hydrogen-bond acceptors (Lipinski definition) is 5. The van der Waals surface area contributed by atoms with E-state index in [-0.39, 0.29) is 16.3 Å². The zero-order chi connectivity index (χ0) is 20.0. The molecule has 1 aliphatic rings. The smallest absolute Gasteiger partial charge is 0.261 e. The summed E-state index contributed by atoms with van der Waals surface area (Å²) < 4.78 is 52.8. The number of carbonyl (C=O) groups is 1. The van der Waals surface area contributed by atoms with Gasteiger partial charge in [-0.2, -0.15) is 0 Å². The summed E-state index contributed by atoms with van der Waals surface area (Å²) in [4.78, 5) is 12.1. The van der Waals surface area contributed by atoms with Crippen LogP contribution in [-0.4, -0.2) is 28.5 Å². The third kappa shape index (κ3) is 3.70. The number of carbonyl (C=O) groups excluding carboxylic acids is 1. The maximum Gasteiger partial charge on any atom is 0.261 e. The monoisotopic (exact) mass is 408 g/mol. The van der Waals surface area contributed by atoms with E-state index in [0.29, 0.717) is 5.69 Å². The van der Waals surface area contributed by atoms with Crippen LogP contribution in [0.4, 0.5) is 11.4 Å². The van der Waals surface area contributed by atoms with Crippen molar-refractivity contribution in [3.05, 3.63) is 53.6 Å². The first-order chi connectivity index (χ1) is 12.5. The SMILES string of the molecule is Cc1ccc(C)c(NS(=O)(=O)c2ccc(N3C(=O)C(C)CS3(=O)=O)cc2)c1. The zero-order valence-corrected chi connectivity index (χ0v) is 16.8. The number of benzene rings is 2. The Morgan fingerprint density at radius 3 is 2.26 bits per heavy atom. The van der Waals surface area contributed by atoms with Gasteiger partial charge < -0.3 is 0 Å². The molecule has 1 unspecified atom stereocenters. The Balaban J connectivity index is 1.91. The van der Waals surface area contributed by atoms with Gasteiger partial charge in [0.2, 0.25) is 15.9 Å². The van der Waals surface area contributed by atoms with E-state index in [1.165, 1.54) is 24.3 Å². The van der Waals surface area contributed by atoms with Gasteiger partial charge in [0, 0.05) is 0 Å². The predicted molar refractivity (Wildman–Crippen MR) is 104 cm³/mol. The third-order valence-electron chi connectivity index (χ3n) is 4.38. The van der Waals surface area contributed by atoms with E-state index in [9.17, 15) is 21.6 Å². The van der Waals surface area contributed by atoms with E-state index in [1.54, 1.807) is 19.9 Å². The van der Waals surface area contributed by atoms with Crippen LogP contribution in [0.25, 0.3) is 0 Å². The number of aryl methyl sites for hydroxylation is 2. The largest absolute Gasteiger partial charge is 0.279 e. The number of rotatable bonds is 4. The Labute approximate surface area is 159 Å². The first kappa shape index (κ1) is 19.4. The second-order valence-corrected chi connectivity index (χ2v) is 10.2. The van der Waals surface area contributed by atoms with E-state index in [0.717, 1.165) is 15.4 Å². The molecule has 0 bridgehead atoms. The van der Waals surface area contributed by atoms with Crippen molar-refractivity contribution < 1.29 is 21.6 Å². The number of amides is 1. The van der Waals surface area contributed by atoms with Gasteiger partial charge in [0.05, 0.1) is 27.9 Å². The summed E-state index contributed by atoms with van der Waals surface area (Å²) in [6.07, 6.45) is 0. The third-order valence-corrected chi connectivity index (χ3v) is 7.63. The Kier molecular flexibility index (Phi) is 4.77. The lowest BCUT2D eigenvalue weighted by Crippen LogP contribution is -2.30. The minimum Gasteiger partial charge on any atom is -0.279 e. The molecule has 1 fully saturated rings. The molecule has 1 N–H and O–H groups in total. The molecule has 3 rings (SSSR count). The lowest BCUT2D eigenvalue weighted by Gasteiger charge is -2.16. The average Bonchev–Trinajstić information content (AvgIpc) is 2.78. The average molecular weight is 409 g/mol. The van der Waals surface area contributed by atoms with Crippen LogP contribution in [0.5, 0.6) is 0 Å². The van der Waals surface area contributed by atoms with E-state index < -0.39 is 31.9 Å². The second-order valence-electron chi connectivity index (χ2n) is 6.70. The van der Waals surface area contributed by atoms with E-state index in [2.05, 4.69) is 4.72 Å². The second kappa shape index (κ2) is 6.65. The first-order valence-electron chi connectivity index (χ1n) is 8.28. The fraction of sp³-hybridized carbons (Fsp3) is 0.278. The van der Waals surface area contributed by atoms with Crippen molar-refractivity contribution >= 4 is 37.3 Å². The topological polar surface area (TPSA) is 101 Å². The van der Waals surface area contributed by atoms with Crippen molar-refractivity contribution in [2.75, 3.05) is 14.8 Å². The van der Waals surface area contributed by atoms with Crippen LogP contribution in [0.2, 0.25) is 0 Å². The van der Waals surface area contributed by atoms with Crippen molar-refractivity contribution in [1.29, 1.82) is 0 Å². The molecule has 27 heavy (non-hydrogen) atoms. The highest BCUT2D eigenvalue weighted by Crippen LogP contribution is 2.29. The molecule has 2 aromatic carbocycles. The van der Waals surface area contributed by atoms with Gasteiger partial charge in [-0.05, 0) is 55.3 Å². The maximum absolute atomic E-state index is 12.6. The summed E-state index contributed by atoms with van der Waals surface area (Å²) in [6.45, 7) is 5.21. The highest BCUT2D eigenvalue weighted by Gasteiger charge is 2.41. The molecule has 7 nitrogen and oxygen atoms in total. The molecule has 0 aromatic heterocycles. The Bertz CT molecular complexity index is 1110. The fourth-order valence-electron chi connectivity index (χ4n) is 2.90. The molecule has 0 radical (unpaired) electrons. The van der Waals surface area contributed by atoms with Gasteiger partial charge in [-0.25, -0.2) is 21.1 Å².